The van der Waals surface area contributed by atoms with E-state index in [2.05, 4.69) is 32.9 Å². The van der Waals surface area contributed by atoms with Crippen molar-refractivity contribution in [2.24, 2.45) is 0 Å². The van der Waals surface area contributed by atoms with E-state index in [0.29, 0.717) is 0 Å². The summed E-state index contributed by atoms with van der Waals surface area (Å²) < 4.78 is 1.75. The molecular formula is C7H6IN3. The second-order valence-electron chi connectivity index (χ2n) is 2.37. The predicted molar refractivity (Wildman–Crippen MR) is 51.7 cm³/mol. The molecular weight excluding hydrogens is 253 g/mol. The third-order valence-corrected chi connectivity index (χ3v) is 2.22. The van der Waals surface area contributed by atoms with Crippen LogP contribution in [0.4, 0.5) is 0 Å². The number of aromatic nitrogens is 3. The van der Waals surface area contributed by atoms with E-state index < -0.39 is 0 Å². The lowest BCUT2D eigenvalue weighted by Crippen LogP contribution is -1.85. The Morgan fingerprint density at radius 2 is 2.27 bits per heavy atom. The fourth-order valence-corrected chi connectivity index (χ4v) is 1.48. The highest BCUT2D eigenvalue weighted by atomic mass is 127. The molecule has 0 unspecified atom stereocenters. The largest absolute Gasteiger partial charge is 0.233 e. The van der Waals surface area contributed by atoms with Crippen molar-refractivity contribution in [2.45, 2.75) is 6.92 Å². The zero-order valence-corrected chi connectivity index (χ0v) is 8.11. The Bertz CT molecular complexity index is 393. The normalized spacial score (nSPS) is 10.7. The summed E-state index contributed by atoms with van der Waals surface area (Å²) in [5, 5.41) is 5.17. The number of aryl methyl sites for hydroxylation is 1. The van der Waals surface area contributed by atoms with E-state index in [1.54, 1.807) is 2.90 Å². The van der Waals surface area contributed by atoms with Gasteiger partial charge in [-0.3, -0.25) is 0 Å². The van der Waals surface area contributed by atoms with Crippen molar-refractivity contribution in [1.82, 2.24) is 13.0 Å². The van der Waals surface area contributed by atoms with Crippen LogP contribution in [0.2, 0.25) is 0 Å². The minimum absolute atomic E-state index is 0.936. The topological polar surface area (TPSA) is 30.7 Å². The first kappa shape index (κ1) is 7.02. The van der Waals surface area contributed by atoms with Crippen LogP contribution in [-0.2, 0) is 0 Å². The number of hydrogen-bond donors (Lipinski definition) is 0. The molecule has 0 saturated carbocycles. The van der Waals surface area contributed by atoms with Gasteiger partial charge >= 0.3 is 0 Å². The van der Waals surface area contributed by atoms with Crippen LogP contribution >= 0.6 is 22.9 Å². The molecule has 0 saturated heterocycles. The monoisotopic (exact) mass is 259 g/mol. The quantitative estimate of drug-likeness (QED) is 0.677. The molecule has 56 valence electrons. The average Bonchev–Trinajstić information content (AvgIpc) is 2.33. The number of hydrogen-bond acceptors (Lipinski definition) is 2. The van der Waals surface area contributed by atoms with Crippen LogP contribution in [0.3, 0.4) is 0 Å². The summed E-state index contributed by atoms with van der Waals surface area (Å²) >= 11 is 2.11. The van der Waals surface area contributed by atoms with Gasteiger partial charge in [-0.15, -0.1) is 0 Å². The highest BCUT2D eigenvalue weighted by molar-refractivity contribution is 14.1. The summed E-state index contributed by atoms with van der Waals surface area (Å²) in [7, 11) is 0. The first-order chi connectivity index (χ1) is 5.27. The molecule has 0 aliphatic carbocycles. The molecule has 0 aliphatic rings. The second-order valence-corrected chi connectivity index (χ2v) is 3.28. The summed E-state index contributed by atoms with van der Waals surface area (Å²) in [5.41, 5.74) is 1.96. The Labute approximate surface area is 77.9 Å². The van der Waals surface area contributed by atoms with Crippen molar-refractivity contribution >= 4 is 33.9 Å². The fraction of sp³-hybridized carbons (Fsp3) is 0.143. The lowest BCUT2D eigenvalue weighted by atomic mass is 10.3. The summed E-state index contributed by atoms with van der Waals surface area (Å²) in [6, 6.07) is 4.01. The van der Waals surface area contributed by atoms with Crippen molar-refractivity contribution in [3.63, 3.8) is 0 Å². The molecule has 0 amide bonds. The minimum Gasteiger partial charge on any atom is -0.233 e. The van der Waals surface area contributed by atoms with Gasteiger partial charge in [-0.2, -0.15) is 7.99 Å². The summed E-state index contributed by atoms with van der Waals surface area (Å²) in [6.45, 7) is 1.98. The van der Waals surface area contributed by atoms with Crippen molar-refractivity contribution in [2.75, 3.05) is 0 Å². The number of nitrogens with zero attached hydrogens (tertiary/aromatic N) is 3. The van der Waals surface area contributed by atoms with E-state index >= 15 is 0 Å². The van der Waals surface area contributed by atoms with E-state index in [-0.39, 0.29) is 0 Å². The molecule has 0 bridgehead atoms. The van der Waals surface area contributed by atoms with Crippen LogP contribution in [0, 0.1) is 6.92 Å². The van der Waals surface area contributed by atoms with E-state index in [1.807, 2.05) is 25.3 Å². The number of pyridine rings is 1. The minimum atomic E-state index is 0.936. The van der Waals surface area contributed by atoms with Gasteiger partial charge in [-0.05, 0) is 19.1 Å². The summed E-state index contributed by atoms with van der Waals surface area (Å²) in [6.07, 6.45) is 1.81. The van der Waals surface area contributed by atoms with Crippen LogP contribution < -0.4 is 0 Å². The number of halogens is 1. The van der Waals surface area contributed by atoms with Crippen LogP contribution in [0.25, 0.3) is 11.0 Å². The van der Waals surface area contributed by atoms with Gasteiger partial charge in [-0.25, -0.2) is 4.98 Å². The third-order valence-electron chi connectivity index (χ3n) is 1.52. The molecule has 0 radical (unpaired) electrons. The van der Waals surface area contributed by atoms with Gasteiger partial charge in [0.15, 0.2) is 5.65 Å². The highest BCUT2D eigenvalue weighted by Gasteiger charge is 1.99. The molecule has 0 N–H and O–H groups in total. The molecule has 0 aliphatic heterocycles. The maximum atomic E-state index is 4.33. The van der Waals surface area contributed by atoms with Crippen molar-refractivity contribution < 1.29 is 0 Å². The van der Waals surface area contributed by atoms with Crippen LogP contribution in [-0.4, -0.2) is 13.0 Å². The van der Waals surface area contributed by atoms with Gasteiger partial charge in [0, 0.05) is 11.1 Å². The van der Waals surface area contributed by atoms with Gasteiger partial charge in [0.05, 0.1) is 29.1 Å². The number of fused-ring (bicyclic) bond motifs is 1. The first-order valence-corrected chi connectivity index (χ1v) is 4.21. The molecule has 2 rings (SSSR count). The van der Waals surface area contributed by atoms with Gasteiger partial charge in [0.1, 0.15) is 0 Å². The molecule has 2 aromatic heterocycles. The van der Waals surface area contributed by atoms with Crippen LogP contribution in [0.1, 0.15) is 5.69 Å². The van der Waals surface area contributed by atoms with Crippen molar-refractivity contribution in [3.8, 4) is 0 Å². The fourth-order valence-electron chi connectivity index (χ4n) is 0.970. The smallest absolute Gasteiger partial charge is 0.168 e. The standard InChI is InChI=1S/C7H6IN3/c1-5-2-3-6-4-9-11(8)7(6)10-5/h2-4H,1H3. The van der Waals surface area contributed by atoms with E-state index in [9.17, 15) is 0 Å². The number of rotatable bonds is 0. The Hall–Kier alpha value is -0.650. The maximum absolute atomic E-state index is 4.33. The Balaban J connectivity index is 2.87. The van der Waals surface area contributed by atoms with Gasteiger partial charge in [-0.1, -0.05) is 0 Å². The van der Waals surface area contributed by atoms with Crippen LogP contribution in [0.5, 0.6) is 0 Å². The molecule has 2 aromatic rings. The SMILES string of the molecule is Cc1ccc2cnn(I)c2n1. The van der Waals surface area contributed by atoms with Gasteiger partial charge in [0.25, 0.3) is 0 Å². The Morgan fingerprint density at radius 3 is 3.09 bits per heavy atom. The molecule has 0 atom stereocenters. The average molecular weight is 259 g/mol. The molecule has 2 heterocycles. The van der Waals surface area contributed by atoms with E-state index in [1.165, 1.54) is 0 Å². The highest BCUT2D eigenvalue weighted by Crippen LogP contribution is 2.12. The van der Waals surface area contributed by atoms with Crippen LogP contribution in [0.15, 0.2) is 18.3 Å². The molecule has 3 nitrogen and oxygen atoms in total. The lowest BCUT2D eigenvalue weighted by molar-refractivity contribution is 1.06. The second kappa shape index (κ2) is 2.44. The Morgan fingerprint density at radius 1 is 1.45 bits per heavy atom. The molecule has 11 heavy (non-hydrogen) atoms. The first-order valence-electron chi connectivity index (χ1n) is 3.25. The third kappa shape index (κ3) is 1.11. The molecule has 0 fully saturated rings. The summed E-state index contributed by atoms with van der Waals surface area (Å²) in [5.74, 6) is 0. The van der Waals surface area contributed by atoms with Gasteiger partial charge < -0.3 is 0 Å². The lowest BCUT2D eigenvalue weighted by Gasteiger charge is -1.92. The molecule has 4 heteroatoms. The van der Waals surface area contributed by atoms with Crippen molar-refractivity contribution in [1.29, 1.82) is 0 Å². The van der Waals surface area contributed by atoms with Crippen molar-refractivity contribution in [3.05, 3.63) is 24.0 Å². The Kier molecular flexibility index (Phi) is 1.56. The predicted octanol–water partition coefficient (Wildman–Crippen LogP) is 1.94. The van der Waals surface area contributed by atoms with Gasteiger partial charge in [0.2, 0.25) is 0 Å². The molecule has 0 spiro atoms. The maximum Gasteiger partial charge on any atom is 0.168 e. The zero-order chi connectivity index (χ0) is 7.84. The summed E-state index contributed by atoms with van der Waals surface area (Å²) in [4.78, 5) is 4.33. The molecule has 0 aromatic carbocycles. The van der Waals surface area contributed by atoms with E-state index in [4.69, 9.17) is 0 Å². The van der Waals surface area contributed by atoms with E-state index in [0.717, 1.165) is 16.7 Å². The zero-order valence-electron chi connectivity index (χ0n) is 5.95.